The van der Waals surface area contributed by atoms with Crippen molar-refractivity contribution in [3.63, 3.8) is 0 Å². The summed E-state index contributed by atoms with van der Waals surface area (Å²) >= 11 is 6.27. The van der Waals surface area contributed by atoms with Gasteiger partial charge in [0, 0.05) is 41.5 Å². The van der Waals surface area contributed by atoms with Crippen LogP contribution in [0.1, 0.15) is 18.1 Å². The summed E-state index contributed by atoms with van der Waals surface area (Å²) in [5.74, 6) is -0.0539. The van der Waals surface area contributed by atoms with Gasteiger partial charge in [0.05, 0.1) is 0 Å². The van der Waals surface area contributed by atoms with Crippen LogP contribution in [0.3, 0.4) is 0 Å². The van der Waals surface area contributed by atoms with E-state index >= 15 is 0 Å². The number of esters is 1. The Balaban J connectivity index is 1.75. The summed E-state index contributed by atoms with van der Waals surface area (Å²) < 4.78 is 10.6. The number of fused-ring (bicyclic) bond motifs is 1. The second kappa shape index (κ2) is 8.18. The number of anilines is 1. The number of ether oxygens (including phenoxy) is 1. The fourth-order valence-electron chi connectivity index (χ4n) is 2.64. The molecule has 0 unspecified atom stereocenters. The average molecular weight is 388 g/mol. The van der Waals surface area contributed by atoms with Crippen molar-refractivity contribution in [3.8, 4) is 0 Å². The van der Waals surface area contributed by atoms with E-state index in [1.165, 1.54) is 6.07 Å². The quantitative estimate of drug-likeness (QED) is 0.474. The van der Waals surface area contributed by atoms with Gasteiger partial charge in [-0.15, -0.1) is 0 Å². The zero-order valence-corrected chi connectivity index (χ0v) is 15.7. The molecule has 27 heavy (non-hydrogen) atoms. The summed E-state index contributed by atoms with van der Waals surface area (Å²) in [5.41, 5.74) is 1.33. The Morgan fingerprint density at radius 1 is 1.22 bits per heavy atom. The molecule has 0 spiro atoms. The number of likely N-dealkylation sites (N-methyl/N-ethyl adjacent to an activating group) is 1. The molecule has 0 bridgehead atoms. The van der Waals surface area contributed by atoms with Crippen molar-refractivity contribution in [2.45, 2.75) is 20.0 Å². The van der Waals surface area contributed by atoms with Gasteiger partial charge in [-0.05, 0) is 30.2 Å². The number of nitrogens with zero attached hydrogens (tertiary/aromatic N) is 3. The van der Waals surface area contributed by atoms with Crippen LogP contribution in [0.25, 0.3) is 11.0 Å². The third-order valence-corrected chi connectivity index (χ3v) is 4.38. The number of aromatic nitrogens is 2. The van der Waals surface area contributed by atoms with Crippen molar-refractivity contribution < 1.29 is 13.9 Å². The molecule has 3 aromatic rings. The Morgan fingerprint density at radius 3 is 2.67 bits per heavy atom. The van der Waals surface area contributed by atoms with Gasteiger partial charge in [-0.25, -0.2) is 14.8 Å². The molecule has 0 atom stereocenters. The average Bonchev–Trinajstić information content (AvgIpc) is 2.66. The van der Waals surface area contributed by atoms with Crippen molar-refractivity contribution in [3.05, 3.63) is 63.2 Å². The molecule has 2 aromatic heterocycles. The molecule has 0 saturated heterocycles. The Morgan fingerprint density at radius 2 is 1.96 bits per heavy atom. The van der Waals surface area contributed by atoms with Crippen LogP contribution in [0.2, 0.25) is 5.02 Å². The van der Waals surface area contributed by atoms with Crippen molar-refractivity contribution in [1.29, 1.82) is 0 Å². The number of benzene rings is 1. The maximum atomic E-state index is 12.1. The number of aryl methyl sites for hydroxylation is 1. The van der Waals surface area contributed by atoms with E-state index in [9.17, 15) is 9.59 Å². The third kappa shape index (κ3) is 4.43. The smallest absolute Gasteiger partial charge is 0.336 e. The molecular weight excluding hydrogens is 370 g/mol. The highest BCUT2D eigenvalue weighted by Crippen LogP contribution is 2.26. The fraction of sp³-hybridized carbons (Fsp3) is 0.263. The SMILES string of the molecule is CCc1cc2oc(=O)cc(COC(=O)CN(C)c3ncccn3)c2cc1Cl. The van der Waals surface area contributed by atoms with E-state index in [1.807, 2.05) is 6.92 Å². The van der Waals surface area contributed by atoms with Gasteiger partial charge in [0.2, 0.25) is 5.95 Å². The Labute approximate surface area is 160 Å². The molecule has 0 amide bonds. The van der Waals surface area contributed by atoms with Crippen LogP contribution in [0, 0.1) is 0 Å². The van der Waals surface area contributed by atoms with Gasteiger partial charge in [-0.1, -0.05) is 18.5 Å². The van der Waals surface area contributed by atoms with Crippen LogP contribution in [-0.4, -0.2) is 29.5 Å². The monoisotopic (exact) mass is 387 g/mol. The lowest BCUT2D eigenvalue weighted by Crippen LogP contribution is -2.28. The van der Waals surface area contributed by atoms with Crippen molar-refractivity contribution in [2.75, 3.05) is 18.5 Å². The molecule has 2 heterocycles. The normalized spacial score (nSPS) is 10.8. The topological polar surface area (TPSA) is 85.5 Å². The summed E-state index contributed by atoms with van der Waals surface area (Å²) in [5, 5.41) is 1.22. The second-order valence-corrected chi connectivity index (χ2v) is 6.36. The number of halogens is 1. The minimum absolute atomic E-state index is 0.0237. The summed E-state index contributed by atoms with van der Waals surface area (Å²) in [7, 11) is 1.69. The molecule has 3 rings (SSSR count). The largest absolute Gasteiger partial charge is 0.459 e. The molecular formula is C19H18ClN3O4. The Hall–Kier alpha value is -2.93. The van der Waals surface area contributed by atoms with E-state index < -0.39 is 11.6 Å². The highest BCUT2D eigenvalue weighted by Gasteiger charge is 2.14. The molecule has 7 nitrogen and oxygen atoms in total. The maximum absolute atomic E-state index is 12.1. The van der Waals surface area contributed by atoms with Crippen molar-refractivity contribution >= 4 is 34.5 Å². The Bertz CT molecular complexity index is 1020. The van der Waals surface area contributed by atoms with E-state index in [1.54, 1.807) is 42.5 Å². The van der Waals surface area contributed by atoms with Gasteiger partial charge >= 0.3 is 11.6 Å². The van der Waals surface area contributed by atoms with E-state index in [2.05, 4.69) is 9.97 Å². The molecule has 1 aromatic carbocycles. The predicted octanol–water partition coefficient (Wildman–Crippen LogP) is 2.98. The zero-order chi connectivity index (χ0) is 19.4. The lowest BCUT2D eigenvalue weighted by atomic mass is 10.1. The number of hydrogen-bond donors (Lipinski definition) is 0. The van der Waals surface area contributed by atoms with E-state index in [4.69, 9.17) is 20.8 Å². The number of carbonyl (C=O) groups is 1. The molecule has 0 N–H and O–H groups in total. The predicted molar refractivity (Wildman–Crippen MR) is 102 cm³/mol. The minimum Gasteiger partial charge on any atom is -0.459 e. The summed E-state index contributed by atoms with van der Waals surface area (Å²) in [6.07, 6.45) is 3.90. The third-order valence-electron chi connectivity index (χ3n) is 4.03. The highest BCUT2D eigenvalue weighted by molar-refractivity contribution is 6.32. The van der Waals surface area contributed by atoms with Gasteiger partial charge in [-0.2, -0.15) is 0 Å². The molecule has 0 aliphatic heterocycles. The first-order valence-electron chi connectivity index (χ1n) is 8.37. The second-order valence-electron chi connectivity index (χ2n) is 5.95. The first-order valence-corrected chi connectivity index (χ1v) is 8.74. The summed E-state index contributed by atoms with van der Waals surface area (Å²) in [6.45, 7) is 1.88. The standard InChI is InChI=1S/C19H18ClN3O4/c1-3-12-7-16-14(9-15(12)20)13(8-17(24)27-16)11-26-18(25)10-23(2)19-21-5-4-6-22-19/h4-9H,3,10-11H2,1-2H3. The van der Waals surface area contributed by atoms with Crippen LogP contribution in [0.4, 0.5) is 5.95 Å². The van der Waals surface area contributed by atoms with Crippen LogP contribution in [0.15, 0.2) is 45.9 Å². The van der Waals surface area contributed by atoms with E-state index in [0.717, 1.165) is 5.56 Å². The molecule has 8 heteroatoms. The minimum atomic E-state index is -0.507. The first kappa shape index (κ1) is 18.8. The van der Waals surface area contributed by atoms with Gasteiger partial charge in [0.15, 0.2) is 0 Å². The van der Waals surface area contributed by atoms with Gasteiger partial charge in [0.25, 0.3) is 0 Å². The van der Waals surface area contributed by atoms with Crippen LogP contribution < -0.4 is 10.5 Å². The molecule has 0 aliphatic carbocycles. The van der Waals surface area contributed by atoms with Gasteiger partial charge in [0.1, 0.15) is 18.7 Å². The maximum Gasteiger partial charge on any atom is 0.336 e. The fourth-order valence-corrected chi connectivity index (χ4v) is 2.93. The molecule has 0 aliphatic rings. The van der Waals surface area contributed by atoms with Crippen LogP contribution in [0.5, 0.6) is 0 Å². The number of rotatable bonds is 6. The lowest BCUT2D eigenvalue weighted by Gasteiger charge is -2.15. The van der Waals surface area contributed by atoms with E-state index in [0.29, 0.717) is 33.9 Å². The van der Waals surface area contributed by atoms with Crippen LogP contribution >= 0.6 is 11.6 Å². The summed E-state index contributed by atoms with van der Waals surface area (Å²) in [4.78, 5) is 33.7. The first-order chi connectivity index (χ1) is 13.0. The molecule has 140 valence electrons. The van der Waals surface area contributed by atoms with Crippen molar-refractivity contribution in [2.24, 2.45) is 0 Å². The van der Waals surface area contributed by atoms with Gasteiger partial charge in [-0.3, -0.25) is 4.79 Å². The molecule has 0 saturated carbocycles. The Kier molecular flexibility index (Phi) is 5.71. The number of carbonyl (C=O) groups excluding carboxylic acids is 1. The van der Waals surface area contributed by atoms with Crippen LogP contribution in [-0.2, 0) is 22.6 Å². The van der Waals surface area contributed by atoms with Gasteiger partial charge < -0.3 is 14.1 Å². The zero-order valence-electron chi connectivity index (χ0n) is 14.9. The summed E-state index contributed by atoms with van der Waals surface area (Å²) in [6, 6.07) is 6.47. The van der Waals surface area contributed by atoms with Crippen molar-refractivity contribution in [1.82, 2.24) is 9.97 Å². The highest BCUT2D eigenvalue weighted by atomic mass is 35.5. The molecule has 0 radical (unpaired) electrons. The molecule has 0 fully saturated rings. The lowest BCUT2D eigenvalue weighted by molar-refractivity contribution is -0.143. The number of hydrogen-bond acceptors (Lipinski definition) is 7. The van der Waals surface area contributed by atoms with E-state index in [-0.39, 0.29) is 13.2 Å².